The van der Waals surface area contributed by atoms with E-state index in [1.807, 2.05) is 0 Å². The van der Waals surface area contributed by atoms with Gasteiger partial charge in [0, 0.05) is 24.4 Å². The Bertz CT molecular complexity index is 784. The first-order valence-electron chi connectivity index (χ1n) is 7.66. The molecular weight excluding hydrogens is 346 g/mol. The maximum Gasteiger partial charge on any atom is 0.157 e. The fourth-order valence-corrected chi connectivity index (χ4v) is 4.01. The van der Waals surface area contributed by atoms with Crippen molar-refractivity contribution in [2.75, 3.05) is 12.3 Å². The van der Waals surface area contributed by atoms with Crippen molar-refractivity contribution in [3.05, 3.63) is 41.5 Å². The molecule has 0 fully saturated rings. The van der Waals surface area contributed by atoms with Crippen LogP contribution in [0.4, 0.5) is 0 Å². The molecule has 2 aromatic carbocycles. The minimum atomic E-state index is -1.04. The molecule has 1 aliphatic heterocycles. The number of aliphatic hydroxyl groups is 1. The van der Waals surface area contributed by atoms with Gasteiger partial charge in [0.05, 0.1) is 10.8 Å². The summed E-state index contributed by atoms with van der Waals surface area (Å²) in [6, 6.07) is 6.70. The molecule has 0 aliphatic carbocycles. The van der Waals surface area contributed by atoms with Crippen molar-refractivity contribution in [1.82, 2.24) is 0 Å². The number of thioether (sulfide) groups is 1. The quantitative estimate of drug-likeness (QED) is 0.451. The molecule has 0 radical (unpaired) electrons. The minimum Gasteiger partial charge on any atom is -0.508 e. The average molecular weight is 365 g/mol. The zero-order valence-electron chi connectivity index (χ0n) is 13.2. The van der Waals surface area contributed by atoms with Gasteiger partial charge in [0.1, 0.15) is 23.4 Å². The second kappa shape index (κ2) is 6.91. The third kappa shape index (κ3) is 3.28. The molecule has 2 aromatic rings. The SMILES string of the molecule is NCCS[C@H]1c2c(O)cc(O)cc2O[C@H](c2ccc(O)c(O)c2)[C@H]1O. The van der Waals surface area contributed by atoms with Crippen LogP contribution in [0.15, 0.2) is 30.3 Å². The Morgan fingerprint density at radius 2 is 1.76 bits per heavy atom. The molecule has 134 valence electrons. The largest absolute Gasteiger partial charge is 0.508 e. The van der Waals surface area contributed by atoms with E-state index in [1.165, 1.54) is 42.1 Å². The lowest BCUT2D eigenvalue weighted by atomic mass is 9.93. The van der Waals surface area contributed by atoms with Crippen molar-refractivity contribution in [1.29, 1.82) is 0 Å². The normalized spacial score (nSPS) is 22.2. The van der Waals surface area contributed by atoms with Gasteiger partial charge in [0.25, 0.3) is 0 Å². The third-order valence-electron chi connectivity index (χ3n) is 4.01. The van der Waals surface area contributed by atoms with Crippen molar-refractivity contribution in [3.8, 4) is 28.7 Å². The Morgan fingerprint density at radius 1 is 1.00 bits per heavy atom. The van der Waals surface area contributed by atoms with Gasteiger partial charge in [0.2, 0.25) is 0 Å². The molecule has 7 N–H and O–H groups in total. The van der Waals surface area contributed by atoms with Crippen LogP contribution in [-0.2, 0) is 0 Å². The van der Waals surface area contributed by atoms with Crippen LogP contribution in [0.1, 0.15) is 22.5 Å². The zero-order valence-corrected chi connectivity index (χ0v) is 14.0. The predicted molar refractivity (Wildman–Crippen MR) is 93.2 cm³/mol. The van der Waals surface area contributed by atoms with E-state index < -0.39 is 17.5 Å². The highest BCUT2D eigenvalue weighted by molar-refractivity contribution is 7.99. The lowest BCUT2D eigenvalue weighted by molar-refractivity contribution is 0.0174. The van der Waals surface area contributed by atoms with Gasteiger partial charge < -0.3 is 36.0 Å². The number of ether oxygens (including phenoxy) is 1. The Morgan fingerprint density at radius 3 is 2.44 bits per heavy atom. The van der Waals surface area contributed by atoms with Gasteiger partial charge in [-0.25, -0.2) is 0 Å². The molecule has 8 heteroatoms. The van der Waals surface area contributed by atoms with Crippen LogP contribution in [0.3, 0.4) is 0 Å². The predicted octanol–water partition coefficient (Wildman–Crippen LogP) is 1.74. The summed E-state index contributed by atoms with van der Waals surface area (Å²) >= 11 is 1.37. The van der Waals surface area contributed by atoms with Crippen LogP contribution in [0.25, 0.3) is 0 Å². The molecule has 3 rings (SSSR count). The van der Waals surface area contributed by atoms with Crippen LogP contribution >= 0.6 is 11.8 Å². The molecule has 0 aromatic heterocycles. The van der Waals surface area contributed by atoms with Crippen LogP contribution < -0.4 is 10.5 Å². The Labute approximate surface area is 148 Å². The number of benzene rings is 2. The topological polar surface area (TPSA) is 136 Å². The van der Waals surface area contributed by atoms with Crippen LogP contribution in [0.5, 0.6) is 28.7 Å². The van der Waals surface area contributed by atoms with Crippen LogP contribution in [-0.4, -0.2) is 43.9 Å². The number of fused-ring (bicyclic) bond motifs is 1. The monoisotopic (exact) mass is 365 g/mol. The highest BCUT2D eigenvalue weighted by atomic mass is 32.2. The Hall–Kier alpha value is -2.29. The summed E-state index contributed by atoms with van der Waals surface area (Å²) in [5.74, 6) is -0.148. The van der Waals surface area contributed by atoms with Gasteiger partial charge in [-0.2, -0.15) is 0 Å². The van der Waals surface area contributed by atoms with Gasteiger partial charge >= 0.3 is 0 Å². The number of phenols is 4. The number of aromatic hydroxyl groups is 4. The molecule has 0 amide bonds. The highest BCUT2D eigenvalue weighted by Gasteiger charge is 2.40. The molecule has 0 saturated carbocycles. The molecule has 1 heterocycles. The first-order valence-corrected chi connectivity index (χ1v) is 8.71. The first kappa shape index (κ1) is 17.5. The van der Waals surface area contributed by atoms with Gasteiger partial charge in [-0.05, 0) is 17.7 Å². The summed E-state index contributed by atoms with van der Waals surface area (Å²) < 4.78 is 5.79. The maximum atomic E-state index is 10.8. The number of hydrogen-bond donors (Lipinski definition) is 6. The van der Waals surface area contributed by atoms with Crippen molar-refractivity contribution < 1.29 is 30.3 Å². The summed E-state index contributed by atoms with van der Waals surface area (Å²) in [7, 11) is 0. The van der Waals surface area contributed by atoms with Crippen molar-refractivity contribution in [2.24, 2.45) is 5.73 Å². The number of rotatable bonds is 4. The molecule has 7 nitrogen and oxygen atoms in total. The summed E-state index contributed by atoms with van der Waals surface area (Å²) in [4.78, 5) is 0. The Kier molecular flexibility index (Phi) is 4.85. The lowest BCUT2D eigenvalue weighted by Crippen LogP contribution is -2.33. The van der Waals surface area contributed by atoms with Gasteiger partial charge in [0.15, 0.2) is 17.6 Å². The summed E-state index contributed by atoms with van der Waals surface area (Å²) in [5, 5.41) is 49.4. The fourth-order valence-electron chi connectivity index (χ4n) is 2.88. The molecule has 0 bridgehead atoms. The number of hydrogen-bond acceptors (Lipinski definition) is 8. The van der Waals surface area contributed by atoms with E-state index in [4.69, 9.17) is 10.5 Å². The second-order valence-electron chi connectivity index (χ2n) is 5.73. The van der Waals surface area contributed by atoms with E-state index in [0.29, 0.717) is 23.4 Å². The standard InChI is InChI=1S/C17H19NO6S/c18-3-4-25-17-14-12(22)6-9(19)7-13(14)24-16(15(17)23)8-1-2-10(20)11(21)5-8/h1-2,5-7,15-17,19-23H,3-4,18H2/t15-,16-,17+/m1/s1. The molecule has 1 aliphatic rings. The second-order valence-corrected chi connectivity index (χ2v) is 6.98. The van der Waals surface area contributed by atoms with Crippen LogP contribution in [0, 0.1) is 0 Å². The van der Waals surface area contributed by atoms with Gasteiger partial charge in [-0.1, -0.05) is 6.07 Å². The summed E-state index contributed by atoms with van der Waals surface area (Å²) in [6.45, 7) is 0.396. The molecule has 25 heavy (non-hydrogen) atoms. The van der Waals surface area contributed by atoms with E-state index in [1.54, 1.807) is 0 Å². The van der Waals surface area contributed by atoms with E-state index in [9.17, 15) is 25.5 Å². The number of nitrogens with two attached hydrogens (primary N) is 1. The number of phenolic OH excluding ortho intramolecular Hbond substituents is 4. The van der Waals surface area contributed by atoms with E-state index >= 15 is 0 Å². The first-order chi connectivity index (χ1) is 11.9. The molecular formula is C17H19NO6S. The average Bonchev–Trinajstić information content (AvgIpc) is 2.56. The minimum absolute atomic E-state index is 0.164. The van der Waals surface area contributed by atoms with Gasteiger partial charge in [-0.3, -0.25) is 0 Å². The maximum absolute atomic E-state index is 10.8. The summed E-state index contributed by atoms with van der Waals surface area (Å²) in [5.41, 5.74) is 6.40. The molecule has 0 saturated heterocycles. The number of aliphatic hydroxyl groups excluding tert-OH is 1. The highest BCUT2D eigenvalue weighted by Crippen LogP contribution is 2.52. The Balaban J connectivity index is 2.06. The van der Waals surface area contributed by atoms with Crippen molar-refractivity contribution in [3.63, 3.8) is 0 Å². The summed E-state index contributed by atoms with van der Waals surface area (Å²) in [6.07, 6.45) is -1.89. The zero-order chi connectivity index (χ0) is 18.1. The van der Waals surface area contributed by atoms with E-state index in [2.05, 4.69) is 0 Å². The van der Waals surface area contributed by atoms with Crippen LogP contribution in [0.2, 0.25) is 0 Å². The van der Waals surface area contributed by atoms with Crippen molar-refractivity contribution >= 4 is 11.8 Å². The third-order valence-corrected chi connectivity index (χ3v) is 5.35. The molecule has 0 unspecified atom stereocenters. The smallest absolute Gasteiger partial charge is 0.157 e. The van der Waals surface area contributed by atoms with E-state index in [-0.39, 0.29) is 28.7 Å². The lowest BCUT2D eigenvalue weighted by Gasteiger charge is -2.37. The van der Waals surface area contributed by atoms with E-state index in [0.717, 1.165) is 0 Å². The van der Waals surface area contributed by atoms with Crippen molar-refractivity contribution in [2.45, 2.75) is 17.5 Å². The fraction of sp³-hybridized carbons (Fsp3) is 0.294. The molecule has 0 spiro atoms. The van der Waals surface area contributed by atoms with Gasteiger partial charge in [-0.15, -0.1) is 11.8 Å². The molecule has 3 atom stereocenters.